The number of carbonyl (C=O) groups excluding carboxylic acids is 1. The minimum absolute atomic E-state index is 0.234. The van der Waals surface area contributed by atoms with E-state index in [0.717, 1.165) is 0 Å². The number of aromatic nitrogens is 4. The second-order valence-electron chi connectivity index (χ2n) is 4.50. The largest absolute Gasteiger partial charge is 0.481 e. The Morgan fingerprint density at radius 1 is 1.42 bits per heavy atom. The average Bonchev–Trinajstić information content (AvgIpc) is 2.93. The Bertz CT molecular complexity index is 565. The zero-order chi connectivity index (χ0) is 13.9. The molecule has 2 rings (SSSR count). The van der Waals surface area contributed by atoms with Crippen LogP contribution < -0.4 is 10.1 Å². The summed E-state index contributed by atoms with van der Waals surface area (Å²) in [6.07, 6.45) is 2.92. The second kappa shape index (κ2) is 5.05. The van der Waals surface area contributed by atoms with Gasteiger partial charge in [-0.2, -0.15) is 5.10 Å². The number of methoxy groups -OCH3 is 1. The lowest BCUT2D eigenvalue weighted by Crippen LogP contribution is -2.41. The van der Waals surface area contributed by atoms with Crippen LogP contribution in [0.4, 0.5) is 0 Å². The normalized spacial score (nSPS) is 11.1. The molecule has 7 heteroatoms. The Labute approximate surface area is 110 Å². The van der Waals surface area contributed by atoms with E-state index in [4.69, 9.17) is 4.74 Å². The van der Waals surface area contributed by atoms with Crippen molar-refractivity contribution in [3.8, 4) is 5.88 Å². The van der Waals surface area contributed by atoms with Crippen molar-refractivity contribution in [1.29, 1.82) is 0 Å². The number of pyridine rings is 1. The van der Waals surface area contributed by atoms with Crippen molar-refractivity contribution in [2.24, 2.45) is 0 Å². The quantitative estimate of drug-likeness (QED) is 0.852. The highest BCUT2D eigenvalue weighted by Crippen LogP contribution is 2.16. The maximum atomic E-state index is 12.2. The molecule has 0 fully saturated rings. The zero-order valence-corrected chi connectivity index (χ0v) is 11.0. The van der Waals surface area contributed by atoms with Gasteiger partial charge in [0.1, 0.15) is 12.2 Å². The van der Waals surface area contributed by atoms with Gasteiger partial charge in [0.15, 0.2) is 0 Å². The van der Waals surface area contributed by atoms with Crippen molar-refractivity contribution in [3.05, 3.63) is 36.0 Å². The number of carbonyl (C=O) groups is 1. The fourth-order valence-electron chi connectivity index (χ4n) is 1.58. The highest BCUT2D eigenvalue weighted by Gasteiger charge is 2.26. The van der Waals surface area contributed by atoms with Gasteiger partial charge >= 0.3 is 0 Å². The van der Waals surface area contributed by atoms with Gasteiger partial charge < -0.3 is 10.1 Å². The lowest BCUT2D eigenvalue weighted by atomic mass is 10.0. The van der Waals surface area contributed by atoms with Gasteiger partial charge in [0.25, 0.3) is 5.91 Å². The summed E-state index contributed by atoms with van der Waals surface area (Å²) in [5.41, 5.74) is -0.177. The Kier molecular flexibility index (Phi) is 3.46. The first kappa shape index (κ1) is 13.0. The van der Waals surface area contributed by atoms with E-state index in [-0.39, 0.29) is 5.91 Å². The summed E-state index contributed by atoms with van der Waals surface area (Å²) in [6.45, 7) is 3.67. The minimum atomic E-state index is -0.649. The van der Waals surface area contributed by atoms with Crippen LogP contribution in [0.2, 0.25) is 0 Å². The van der Waals surface area contributed by atoms with Crippen molar-refractivity contribution >= 4 is 5.91 Å². The third kappa shape index (κ3) is 2.87. The van der Waals surface area contributed by atoms with E-state index in [2.05, 4.69) is 25.5 Å². The molecule has 2 heterocycles. The van der Waals surface area contributed by atoms with Crippen molar-refractivity contribution in [2.75, 3.05) is 7.11 Å². The van der Waals surface area contributed by atoms with Crippen LogP contribution in [-0.4, -0.2) is 33.2 Å². The highest BCUT2D eigenvalue weighted by atomic mass is 16.5. The standard InChI is InChI=1S/C12H15N5O2/c1-12(2,11-14-7-15-17-11)16-10(18)8-4-5-13-9(6-8)19-3/h4-7H,1-3H3,(H,16,18)(H,14,15,17). The van der Waals surface area contributed by atoms with Gasteiger partial charge in [0.2, 0.25) is 5.88 Å². The molecule has 0 radical (unpaired) electrons. The average molecular weight is 261 g/mol. The van der Waals surface area contributed by atoms with Gasteiger partial charge in [0, 0.05) is 17.8 Å². The van der Waals surface area contributed by atoms with E-state index >= 15 is 0 Å². The Hall–Kier alpha value is -2.44. The van der Waals surface area contributed by atoms with E-state index in [1.165, 1.54) is 19.6 Å². The summed E-state index contributed by atoms with van der Waals surface area (Å²) >= 11 is 0. The summed E-state index contributed by atoms with van der Waals surface area (Å²) in [5.74, 6) is 0.745. The number of hydrogen-bond donors (Lipinski definition) is 2. The molecule has 100 valence electrons. The number of amides is 1. The highest BCUT2D eigenvalue weighted by molar-refractivity contribution is 5.94. The monoisotopic (exact) mass is 261 g/mol. The zero-order valence-electron chi connectivity index (χ0n) is 11.0. The maximum absolute atomic E-state index is 12.2. The SMILES string of the molecule is COc1cc(C(=O)NC(C)(C)c2ncn[nH]2)ccn1. The van der Waals surface area contributed by atoms with Crippen LogP contribution in [0.3, 0.4) is 0 Å². The van der Waals surface area contributed by atoms with Crippen LogP contribution in [0.25, 0.3) is 0 Å². The molecule has 2 aromatic heterocycles. The molecule has 7 nitrogen and oxygen atoms in total. The topological polar surface area (TPSA) is 92.8 Å². The fraction of sp³-hybridized carbons (Fsp3) is 0.333. The number of H-pyrrole nitrogens is 1. The van der Waals surface area contributed by atoms with Crippen molar-refractivity contribution in [2.45, 2.75) is 19.4 Å². The molecule has 2 N–H and O–H groups in total. The van der Waals surface area contributed by atoms with E-state index in [1.54, 1.807) is 12.1 Å². The summed E-state index contributed by atoms with van der Waals surface area (Å²) in [7, 11) is 1.50. The number of nitrogens with one attached hydrogen (secondary N) is 2. The molecular formula is C12H15N5O2. The molecule has 0 saturated heterocycles. The summed E-state index contributed by atoms with van der Waals surface area (Å²) in [5, 5.41) is 9.39. The molecule has 0 saturated carbocycles. The summed E-state index contributed by atoms with van der Waals surface area (Å²) < 4.78 is 4.99. The minimum Gasteiger partial charge on any atom is -0.481 e. The third-order valence-electron chi connectivity index (χ3n) is 2.64. The van der Waals surface area contributed by atoms with Crippen LogP contribution in [0.1, 0.15) is 30.0 Å². The Morgan fingerprint density at radius 2 is 2.21 bits per heavy atom. The third-order valence-corrected chi connectivity index (χ3v) is 2.64. The number of nitrogens with zero attached hydrogens (tertiary/aromatic N) is 3. The van der Waals surface area contributed by atoms with Crippen molar-refractivity contribution in [1.82, 2.24) is 25.5 Å². The molecule has 0 atom stereocenters. The molecule has 0 spiro atoms. The number of rotatable bonds is 4. The van der Waals surface area contributed by atoms with Gasteiger partial charge in [0.05, 0.1) is 12.6 Å². The van der Waals surface area contributed by atoms with Crippen LogP contribution >= 0.6 is 0 Å². The van der Waals surface area contributed by atoms with Gasteiger partial charge in [-0.3, -0.25) is 9.89 Å². The predicted octanol–water partition coefficient (Wildman–Crippen LogP) is 0.873. The van der Waals surface area contributed by atoms with Crippen molar-refractivity contribution in [3.63, 3.8) is 0 Å². The Balaban J connectivity index is 2.16. The maximum Gasteiger partial charge on any atom is 0.252 e. The number of aromatic amines is 1. The lowest BCUT2D eigenvalue weighted by molar-refractivity contribution is 0.0908. The predicted molar refractivity (Wildman–Crippen MR) is 67.7 cm³/mol. The van der Waals surface area contributed by atoms with Gasteiger partial charge in [-0.25, -0.2) is 9.97 Å². The molecule has 0 aliphatic heterocycles. The van der Waals surface area contributed by atoms with Crippen LogP contribution in [0.5, 0.6) is 5.88 Å². The fourth-order valence-corrected chi connectivity index (χ4v) is 1.58. The van der Waals surface area contributed by atoms with E-state index in [0.29, 0.717) is 17.3 Å². The summed E-state index contributed by atoms with van der Waals surface area (Å²) in [4.78, 5) is 20.2. The molecule has 0 aliphatic rings. The van der Waals surface area contributed by atoms with E-state index in [1.807, 2.05) is 13.8 Å². The van der Waals surface area contributed by atoms with E-state index in [9.17, 15) is 4.79 Å². The van der Waals surface area contributed by atoms with E-state index < -0.39 is 5.54 Å². The van der Waals surface area contributed by atoms with Gasteiger partial charge in [-0.15, -0.1) is 0 Å². The molecule has 1 amide bonds. The molecule has 2 aromatic rings. The first-order valence-electron chi connectivity index (χ1n) is 5.71. The summed E-state index contributed by atoms with van der Waals surface area (Å²) in [6, 6.07) is 3.19. The van der Waals surface area contributed by atoms with Crippen LogP contribution in [0.15, 0.2) is 24.7 Å². The van der Waals surface area contributed by atoms with Crippen LogP contribution in [0, 0.1) is 0 Å². The Morgan fingerprint density at radius 3 is 2.84 bits per heavy atom. The first-order chi connectivity index (χ1) is 9.03. The van der Waals surface area contributed by atoms with Crippen molar-refractivity contribution < 1.29 is 9.53 Å². The lowest BCUT2D eigenvalue weighted by Gasteiger charge is -2.23. The molecular weight excluding hydrogens is 246 g/mol. The van der Waals surface area contributed by atoms with Gasteiger partial charge in [-0.05, 0) is 19.9 Å². The molecule has 0 aliphatic carbocycles. The first-order valence-corrected chi connectivity index (χ1v) is 5.71. The van der Waals surface area contributed by atoms with Crippen LogP contribution in [-0.2, 0) is 5.54 Å². The van der Waals surface area contributed by atoms with Gasteiger partial charge in [-0.1, -0.05) is 0 Å². The molecule has 0 aromatic carbocycles. The number of ether oxygens (including phenoxy) is 1. The molecule has 19 heavy (non-hydrogen) atoms. The molecule has 0 bridgehead atoms. The molecule has 0 unspecified atom stereocenters. The number of hydrogen-bond acceptors (Lipinski definition) is 5. The smallest absolute Gasteiger partial charge is 0.252 e. The second-order valence-corrected chi connectivity index (χ2v) is 4.50.